The Kier molecular flexibility index (Phi) is 5.18. The van der Waals surface area contributed by atoms with Crippen molar-refractivity contribution >= 4 is 34.0 Å². The Morgan fingerprint density at radius 3 is 2.81 bits per heavy atom. The molecule has 0 radical (unpaired) electrons. The third kappa shape index (κ3) is 3.25. The molecule has 0 saturated carbocycles. The molecule has 0 aliphatic heterocycles. The molecule has 1 amide bonds. The Hall–Kier alpha value is -2.93. The van der Waals surface area contributed by atoms with Gasteiger partial charge in [0.05, 0.1) is 12.8 Å². The first-order valence-corrected chi connectivity index (χ1v) is 8.47. The number of hydrogen-bond donors (Lipinski definition) is 2. The van der Waals surface area contributed by atoms with E-state index in [4.69, 9.17) is 22.1 Å². The summed E-state index contributed by atoms with van der Waals surface area (Å²) in [5.74, 6) is 0.0492. The number of aromatic nitrogens is 3. The van der Waals surface area contributed by atoms with Crippen LogP contribution in [0.2, 0.25) is 5.15 Å². The Labute approximate surface area is 155 Å². The molecule has 1 aromatic carbocycles. The lowest BCUT2D eigenvalue weighted by Gasteiger charge is -2.13. The quantitative estimate of drug-likeness (QED) is 0.714. The number of nitrogens with zero attached hydrogens (tertiary/aromatic N) is 3. The van der Waals surface area contributed by atoms with Crippen molar-refractivity contribution in [1.29, 1.82) is 0 Å². The summed E-state index contributed by atoms with van der Waals surface area (Å²) in [4.78, 5) is 16.5. The number of carbonyl (C=O) groups is 1. The molecule has 7 nitrogen and oxygen atoms in total. The van der Waals surface area contributed by atoms with Gasteiger partial charge < -0.3 is 15.8 Å². The minimum absolute atomic E-state index is 0.209. The number of anilines is 1. The summed E-state index contributed by atoms with van der Waals surface area (Å²) in [6, 6.07) is 7.24. The van der Waals surface area contributed by atoms with Crippen LogP contribution in [0.3, 0.4) is 0 Å². The molecule has 8 heteroatoms. The normalized spacial score (nSPS) is 10.7. The first-order chi connectivity index (χ1) is 12.6. The maximum atomic E-state index is 12.3. The zero-order valence-electron chi connectivity index (χ0n) is 14.4. The van der Waals surface area contributed by atoms with Gasteiger partial charge in [-0.15, -0.1) is 10.2 Å². The van der Waals surface area contributed by atoms with Crippen LogP contribution < -0.4 is 15.8 Å². The molecule has 0 unspecified atom stereocenters. The topological polar surface area (TPSA) is 103 Å². The Balaban J connectivity index is 2.17. The maximum absolute atomic E-state index is 12.3. The molecule has 0 atom stereocenters. The number of amides is 1. The summed E-state index contributed by atoms with van der Waals surface area (Å²) in [5, 5.41) is 12.3. The second-order valence-corrected chi connectivity index (χ2v) is 6.02. The number of ether oxygens (including phenoxy) is 1. The van der Waals surface area contributed by atoms with Crippen LogP contribution in [0.25, 0.3) is 21.9 Å². The van der Waals surface area contributed by atoms with Gasteiger partial charge in [-0.2, -0.15) is 0 Å². The molecule has 0 aliphatic rings. The average Bonchev–Trinajstić information content (AvgIpc) is 2.66. The van der Waals surface area contributed by atoms with Crippen LogP contribution >= 0.6 is 11.6 Å². The summed E-state index contributed by atoms with van der Waals surface area (Å²) in [6.07, 6.45) is 2.45. The van der Waals surface area contributed by atoms with Crippen molar-refractivity contribution in [2.24, 2.45) is 0 Å². The fourth-order valence-corrected chi connectivity index (χ4v) is 2.85. The Bertz CT molecular complexity index is 977. The first-order valence-electron chi connectivity index (χ1n) is 8.09. The monoisotopic (exact) mass is 371 g/mol. The zero-order chi connectivity index (χ0) is 18.7. The third-order valence-corrected chi connectivity index (χ3v) is 4.12. The number of nitrogens with one attached hydrogen (secondary N) is 1. The van der Waals surface area contributed by atoms with Gasteiger partial charge in [-0.25, -0.2) is 4.98 Å². The van der Waals surface area contributed by atoms with Crippen molar-refractivity contribution in [2.75, 3.05) is 19.4 Å². The van der Waals surface area contributed by atoms with E-state index in [2.05, 4.69) is 20.5 Å². The number of rotatable bonds is 5. The number of hydrogen-bond acceptors (Lipinski definition) is 6. The minimum atomic E-state index is -0.289. The average molecular weight is 372 g/mol. The number of benzene rings is 1. The van der Waals surface area contributed by atoms with E-state index in [0.717, 1.165) is 17.4 Å². The smallest absolute Gasteiger partial charge is 0.272 e. The molecule has 134 valence electrons. The summed E-state index contributed by atoms with van der Waals surface area (Å²) in [5.41, 5.74) is 8.22. The highest BCUT2D eigenvalue weighted by molar-refractivity contribution is 6.29. The van der Waals surface area contributed by atoms with Gasteiger partial charge in [0, 0.05) is 29.1 Å². The second-order valence-electron chi connectivity index (χ2n) is 5.63. The van der Waals surface area contributed by atoms with Crippen LogP contribution in [-0.4, -0.2) is 34.7 Å². The molecule has 26 heavy (non-hydrogen) atoms. The molecule has 0 spiro atoms. The molecule has 0 fully saturated rings. The molecule has 3 N–H and O–H groups in total. The van der Waals surface area contributed by atoms with Gasteiger partial charge in [-0.3, -0.25) is 4.79 Å². The van der Waals surface area contributed by atoms with Crippen molar-refractivity contribution in [3.05, 3.63) is 41.3 Å². The highest BCUT2D eigenvalue weighted by Gasteiger charge is 2.17. The van der Waals surface area contributed by atoms with Crippen LogP contribution in [0.1, 0.15) is 23.8 Å². The lowest BCUT2D eigenvalue weighted by Crippen LogP contribution is -2.26. The molecular formula is C18H18ClN5O2. The van der Waals surface area contributed by atoms with Crippen LogP contribution in [0.15, 0.2) is 30.5 Å². The zero-order valence-corrected chi connectivity index (χ0v) is 15.2. The molecule has 0 bridgehead atoms. The Morgan fingerprint density at radius 1 is 1.27 bits per heavy atom. The predicted octanol–water partition coefficient (Wildman–Crippen LogP) is 3.08. The number of halogens is 1. The highest BCUT2D eigenvalue weighted by atomic mass is 35.5. The summed E-state index contributed by atoms with van der Waals surface area (Å²) in [6.45, 7) is 2.54. The molecule has 0 saturated heterocycles. The van der Waals surface area contributed by atoms with Crippen LogP contribution in [0.5, 0.6) is 5.88 Å². The van der Waals surface area contributed by atoms with Crippen LogP contribution in [0.4, 0.5) is 5.69 Å². The molecular weight excluding hydrogens is 354 g/mol. The maximum Gasteiger partial charge on any atom is 0.272 e. The standard InChI is InChI=1S/C18H18ClN5O2/c1-3-7-21-17(25)16-15(20)11-6-4-5-10(13(11)9-22-16)12-8-14(19)23-24-18(12)26-2/h4-6,8-9H,3,7,20H2,1-2H3,(H,21,25). The van der Waals surface area contributed by atoms with Gasteiger partial charge in [-0.05, 0) is 18.1 Å². The second kappa shape index (κ2) is 7.53. The number of nitrogen functional groups attached to an aromatic ring is 1. The fraction of sp³-hybridized carbons (Fsp3) is 0.222. The van der Waals surface area contributed by atoms with Gasteiger partial charge in [0.25, 0.3) is 5.91 Å². The van der Waals surface area contributed by atoms with Crippen molar-refractivity contribution in [3.63, 3.8) is 0 Å². The van der Waals surface area contributed by atoms with Gasteiger partial charge in [-0.1, -0.05) is 36.7 Å². The van der Waals surface area contributed by atoms with Crippen molar-refractivity contribution in [3.8, 4) is 17.0 Å². The van der Waals surface area contributed by atoms with E-state index in [1.54, 1.807) is 12.3 Å². The van der Waals surface area contributed by atoms with Crippen LogP contribution in [-0.2, 0) is 0 Å². The van der Waals surface area contributed by atoms with Crippen molar-refractivity contribution in [1.82, 2.24) is 20.5 Å². The molecule has 3 aromatic rings. The van der Waals surface area contributed by atoms with E-state index in [1.807, 2.05) is 25.1 Å². The van der Waals surface area contributed by atoms with E-state index in [1.165, 1.54) is 7.11 Å². The van der Waals surface area contributed by atoms with Crippen molar-refractivity contribution < 1.29 is 9.53 Å². The van der Waals surface area contributed by atoms with E-state index in [-0.39, 0.29) is 16.8 Å². The van der Waals surface area contributed by atoms with Gasteiger partial charge in [0.15, 0.2) is 10.8 Å². The van der Waals surface area contributed by atoms with E-state index in [9.17, 15) is 4.79 Å². The minimum Gasteiger partial charge on any atom is -0.479 e. The SMILES string of the molecule is CCCNC(=O)c1ncc2c(-c3cc(Cl)nnc3OC)cccc2c1N. The van der Waals surface area contributed by atoms with E-state index in [0.29, 0.717) is 29.1 Å². The summed E-state index contributed by atoms with van der Waals surface area (Å²) in [7, 11) is 1.51. The fourth-order valence-electron chi connectivity index (χ4n) is 2.70. The Morgan fingerprint density at radius 2 is 2.08 bits per heavy atom. The number of nitrogens with two attached hydrogens (primary N) is 1. The van der Waals surface area contributed by atoms with Crippen molar-refractivity contribution in [2.45, 2.75) is 13.3 Å². The van der Waals surface area contributed by atoms with E-state index < -0.39 is 0 Å². The van der Waals surface area contributed by atoms with Crippen LogP contribution in [0, 0.1) is 0 Å². The molecule has 2 heterocycles. The molecule has 2 aromatic heterocycles. The first kappa shape index (κ1) is 17.9. The molecule has 3 rings (SSSR count). The summed E-state index contributed by atoms with van der Waals surface area (Å²) < 4.78 is 5.29. The van der Waals surface area contributed by atoms with Gasteiger partial charge in [0.1, 0.15) is 0 Å². The largest absolute Gasteiger partial charge is 0.479 e. The van der Waals surface area contributed by atoms with Gasteiger partial charge in [0.2, 0.25) is 5.88 Å². The third-order valence-electron chi connectivity index (χ3n) is 3.94. The number of fused-ring (bicyclic) bond motifs is 1. The lowest BCUT2D eigenvalue weighted by atomic mass is 9.99. The molecule has 0 aliphatic carbocycles. The number of pyridine rings is 1. The van der Waals surface area contributed by atoms with E-state index >= 15 is 0 Å². The highest BCUT2D eigenvalue weighted by Crippen LogP contribution is 2.36. The lowest BCUT2D eigenvalue weighted by molar-refractivity contribution is 0.0950. The summed E-state index contributed by atoms with van der Waals surface area (Å²) >= 11 is 6.00. The predicted molar refractivity (Wildman–Crippen MR) is 101 cm³/mol. The number of methoxy groups -OCH3 is 1. The van der Waals surface area contributed by atoms with Gasteiger partial charge >= 0.3 is 0 Å². The number of carbonyl (C=O) groups excluding carboxylic acids is 1.